The Morgan fingerprint density at radius 2 is 1.18 bits per heavy atom. The molecule has 338 valence electrons. The second kappa shape index (κ2) is 23.8. The van der Waals surface area contributed by atoms with E-state index in [4.69, 9.17) is 9.47 Å². The second-order valence-electron chi connectivity index (χ2n) is 14.0. The number of benzene rings is 2. The van der Waals surface area contributed by atoms with Gasteiger partial charge in [0, 0.05) is 6.54 Å². The number of carbonyl (C=O) groups excluding carboxylic acids is 2. The number of ether oxygens (including phenoxy) is 2. The summed E-state index contributed by atoms with van der Waals surface area (Å²) < 4.78 is 88.4. The van der Waals surface area contributed by atoms with Gasteiger partial charge in [-0.15, -0.1) is 0 Å². The Morgan fingerprint density at radius 1 is 0.738 bits per heavy atom. The zero-order valence-electron chi connectivity index (χ0n) is 33.3. The fourth-order valence-corrected chi connectivity index (χ4v) is 9.87. The minimum atomic E-state index is -3.56. The zero-order chi connectivity index (χ0) is 41.5. The lowest BCUT2D eigenvalue weighted by atomic mass is 10.2. The Morgan fingerprint density at radius 3 is 1.54 bits per heavy atom. The predicted molar refractivity (Wildman–Crippen MR) is 245 cm³/mol. The number of nitrogens with zero attached hydrogens (tertiary/aromatic N) is 3. The molecule has 6 rings (SSSR count). The summed E-state index contributed by atoms with van der Waals surface area (Å²) in [6, 6.07) is 13.5. The highest BCUT2D eigenvalue weighted by molar-refractivity contribution is 7.91. The fourth-order valence-electron chi connectivity index (χ4n) is 6.54. The lowest BCUT2D eigenvalue weighted by Gasteiger charge is -2.14. The first-order valence-electron chi connectivity index (χ1n) is 18.1. The average molecular weight is 929 g/mol. The van der Waals surface area contributed by atoms with Gasteiger partial charge in [-0.05, 0) is 126 Å². The molecule has 2 aliphatic heterocycles. The molecular formula is C41H58F2N6O8S4. The van der Waals surface area contributed by atoms with Crippen LogP contribution < -0.4 is 25.4 Å². The molecule has 0 unspecified atom stereocenters. The van der Waals surface area contributed by atoms with Crippen molar-refractivity contribution in [1.29, 1.82) is 0 Å². The first kappa shape index (κ1) is 54.7. The number of aryl methyl sites for hydroxylation is 2. The fraction of sp³-hybridized carbons (Fsp3) is 0.415. The minimum absolute atomic E-state index is 0. The number of carbonyl (C=O) groups is 2. The molecule has 2 aliphatic rings. The molecule has 20 heteroatoms. The number of halogens is 2. The maximum Gasteiger partial charge on any atom is 0.260 e. The monoisotopic (exact) mass is 928 g/mol. The number of rotatable bonds is 12. The Kier molecular flexibility index (Phi) is 21.3. The van der Waals surface area contributed by atoms with Crippen molar-refractivity contribution in [2.45, 2.75) is 51.3 Å². The number of nitrogens with one attached hydrogen (secondary N) is 3. The van der Waals surface area contributed by atoms with Crippen molar-refractivity contribution in [2.24, 2.45) is 11.8 Å². The Bertz CT molecular complexity index is 2350. The van der Waals surface area contributed by atoms with Crippen LogP contribution in [0.25, 0.3) is 0 Å². The van der Waals surface area contributed by atoms with E-state index in [-0.39, 0.29) is 121 Å². The van der Waals surface area contributed by atoms with E-state index >= 15 is 0 Å². The van der Waals surface area contributed by atoms with Gasteiger partial charge in [-0.2, -0.15) is 27.0 Å². The third-order valence-electron chi connectivity index (χ3n) is 9.64. The SMILES string of the molecule is C.C.COc1ccc(S(=O)(=O)C[C@H]2CCN(C)C2)cc1C(=O)Nc1ccc(F)c(C)n1.COc1ccc(S(=O)(=O)C[C@H]2CCNC2)cc1C(=O)Nc1ccc(F)c(C)n1.S.S. The Balaban J connectivity index is 0.000000573. The van der Waals surface area contributed by atoms with E-state index in [1.165, 1.54) is 88.7 Å². The lowest BCUT2D eigenvalue weighted by molar-refractivity contribution is 0.101. The molecule has 2 aromatic heterocycles. The number of pyridine rings is 2. The smallest absolute Gasteiger partial charge is 0.260 e. The lowest BCUT2D eigenvalue weighted by Crippen LogP contribution is -2.21. The van der Waals surface area contributed by atoms with Gasteiger partial charge in [0.1, 0.15) is 34.8 Å². The quantitative estimate of drug-likeness (QED) is 0.147. The summed E-state index contributed by atoms with van der Waals surface area (Å²) in [7, 11) is -2.35. The van der Waals surface area contributed by atoms with E-state index in [1.54, 1.807) is 0 Å². The van der Waals surface area contributed by atoms with Gasteiger partial charge in [0.05, 0.1) is 58.0 Å². The summed E-state index contributed by atoms with van der Waals surface area (Å²) in [4.78, 5) is 35.6. The Labute approximate surface area is 372 Å². The summed E-state index contributed by atoms with van der Waals surface area (Å²) in [5, 5.41) is 8.26. The van der Waals surface area contributed by atoms with Gasteiger partial charge < -0.3 is 30.3 Å². The van der Waals surface area contributed by atoms with Crippen LogP contribution in [-0.4, -0.2) is 102 Å². The largest absolute Gasteiger partial charge is 0.496 e. The molecule has 3 N–H and O–H groups in total. The van der Waals surface area contributed by atoms with Crippen LogP contribution in [0.4, 0.5) is 20.4 Å². The topological polar surface area (TPSA) is 186 Å². The van der Waals surface area contributed by atoms with Crippen LogP contribution in [0.15, 0.2) is 70.5 Å². The molecule has 2 aromatic carbocycles. The highest BCUT2D eigenvalue weighted by atomic mass is 32.2. The van der Waals surface area contributed by atoms with Crippen LogP contribution in [0.5, 0.6) is 11.5 Å². The molecular weight excluding hydrogens is 871 g/mol. The molecule has 14 nitrogen and oxygen atoms in total. The maximum absolute atomic E-state index is 13.4. The molecule has 0 saturated carbocycles. The number of hydrogen-bond donors (Lipinski definition) is 3. The van der Waals surface area contributed by atoms with Crippen molar-refractivity contribution in [3.8, 4) is 11.5 Å². The van der Waals surface area contributed by atoms with Crippen LogP contribution in [0.3, 0.4) is 0 Å². The molecule has 61 heavy (non-hydrogen) atoms. The normalized spacial score (nSPS) is 15.9. The summed E-state index contributed by atoms with van der Waals surface area (Å²) in [5.74, 6) is -1.17. The number of amides is 2. The molecule has 0 aliphatic carbocycles. The minimum Gasteiger partial charge on any atom is -0.496 e. The van der Waals surface area contributed by atoms with E-state index in [0.717, 1.165) is 32.5 Å². The molecule has 4 aromatic rings. The van der Waals surface area contributed by atoms with E-state index in [1.807, 2.05) is 7.05 Å². The Hall–Kier alpha value is -4.34. The molecule has 2 saturated heterocycles. The van der Waals surface area contributed by atoms with Crippen LogP contribution in [0, 0.1) is 37.3 Å². The van der Waals surface area contributed by atoms with Gasteiger partial charge in [0.25, 0.3) is 11.8 Å². The standard InChI is InChI=1S/C20H24FN3O4S.C19H22FN3O4S.2CH4.2H2S/c1-13-17(21)5-7-19(22-13)23-20(25)16-10-15(4-6-18(16)28-3)29(26,27)12-14-8-9-24(2)11-14;1-12-16(20)4-6-18(22-12)23-19(24)15-9-14(3-5-17(15)27-2)28(25,26)11-13-7-8-21-10-13;;;;/h4-7,10,14H,8-9,11-12H2,1-3H3,(H,22,23,25);3-6,9,13,21H,7-8,10-11H2,1-2H3,(H,22,23,24);2*1H4;2*1H2/t14-;13-;;;;/m00..../s1. The van der Waals surface area contributed by atoms with Crippen molar-refractivity contribution in [2.75, 3.05) is 69.6 Å². The zero-order valence-corrected chi connectivity index (χ0v) is 36.9. The average Bonchev–Trinajstić information content (AvgIpc) is 3.84. The first-order chi connectivity index (χ1) is 27.0. The van der Waals surface area contributed by atoms with Crippen LogP contribution in [0.2, 0.25) is 0 Å². The summed E-state index contributed by atoms with van der Waals surface area (Å²) in [6.07, 6.45) is 1.63. The molecule has 2 amide bonds. The summed E-state index contributed by atoms with van der Waals surface area (Å²) >= 11 is 0. The second-order valence-corrected chi connectivity index (χ2v) is 18.1. The highest BCUT2D eigenvalue weighted by Gasteiger charge is 2.29. The van der Waals surface area contributed by atoms with E-state index in [9.17, 15) is 35.2 Å². The summed E-state index contributed by atoms with van der Waals surface area (Å²) in [6.45, 7) is 6.05. The third-order valence-corrected chi connectivity index (χ3v) is 13.4. The maximum atomic E-state index is 13.4. The van der Waals surface area contributed by atoms with Crippen molar-refractivity contribution in [3.63, 3.8) is 0 Å². The highest BCUT2D eigenvalue weighted by Crippen LogP contribution is 2.28. The molecule has 4 heterocycles. The van der Waals surface area contributed by atoms with Gasteiger partial charge in [0.15, 0.2) is 19.7 Å². The van der Waals surface area contributed by atoms with Gasteiger partial charge in [-0.3, -0.25) is 9.59 Å². The van der Waals surface area contributed by atoms with Crippen molar-refractivity contribution >= 4 is 70.1 Å². The molecule has 0 radical (unpaired) electrons. The number of hydrogen-bond acceptors (Lipinski definition) is 12. The van der Waals surface area contributed by atoms with Crippen LogP contribution in [-0.2, 0) is 19.7 Å². The van der Waals surface area contributed by atoms with Gasteiger partial charge >= 0.3 is 0 Å². The number of aromatic nitrogens is 2. The molecule has 2 fully saturated rings. The van der Waals surface area contributed by atoms with E-state index in [2.05, 4.69) is 30.8 Å². The van der Waals surface area contributed by atoms with Crippen molar-refractivity contribution in [3.05, 3.63) is 94.8 Å². The van der Waals surface area contributed by atoms with Crippen molar-refractivity contribution in [1.82, 2.24) is 20.2 Å². The van der Waals surface area contributed by atoms with Gasteiger partial charge in [0.2, 0.25) is 0 Å². The van der Waals surface area contributed by atoms with Crippen LogP contribution >= 0.6 is 27.0 Å². The molecule has 0 spiro atoms. The predicted octanol–water partition coefficient (Wildman–Crippen LogP) is 6.19. The number of anilines is 2. The number of sulfone groups is 2. The van der Waals surface area contributed by atoms with Crippen molar-refractivity contribution < 1.29 is 44.7 Å². The first-order valence-corrected chi connectivity index (χ1v) is 21.4. The number of methoxy groups -OCH3 is 2. The van der Waals surface area contributed by atoms with E-state index in [0.29, 0.717) is 6.54 Å². The molecule has 2 atom stereocenters. The number of likely N-dealkylation sites (tertiary alicyclic amines) is 1. The van der Waals surface area contributed by atoms with E-state index < -0.39 is 43.1 Å². The van der Waals surface area contributed by atoms with Crippen LogP contribution in [0.1, 0.15) is 59.8 Å². The third kappa shape index (κ3) is 14.4. The van der Waals surface area contributed by atoms with Gasteiger partial charge in [-0.25, -0.2) is 35.6 Å². The molecule has 0 bridgehead atoms. The van der Waals surface area contributed by atoms with Gasteiger partial charge in [-0.1, -0.05) is 14.9 Å². The summed E-state index contributed by atoms with van der Waals surface area (Å²) in [5.41, 5.74) is 0.427.